The second kappa shape index (κ2) is 3.17. The van der Waals surface area contributed by atoms with Crippen molar-refractivity contribution in [2.45, 2.75) is 32.6 Å². The maximum absolute atomic E-state index is 11.2. The number of carbonyl (C=O) groups excluding carboxylic acids is 1. The lowest BCUT2D eigenvalue weighted by Crippen LogP contribution is -2.29. The van der Waals surface area contributed by atoms with Crippen molar-refractivity contribution in [3.63, 3.8) is 0 Å². The molecule has 0 aromatic rings. The van der Waals surface area contributed by atoms with E-state index in [2.05, 4.69) is 5.32 Å². The van der Waals surface area contributed by atoms with Crippen LogP contribution in [0.3, 0.4) is 0 Å². The molecule has 13 heavy (non-hydrogen) atoms. The third-order valence-electron chi connectivity index (χ3n) is 3.27. The number of carbonyl (C=O) groups is 1. The molecule has 0 radical (unpaired) electrons. The Bertz CT molecular complexity index is 236. The monoisotopic (exact) mass is 179 g/mol. The van der Waals surface area contributed by atoms with Gasteiger partial charge in [0.1, 0.15) is 0 Å². The Morgan fingerprint density at radius 2 is 2.23 bits per heavy atom. The van der Waals surface area contributed by atoms with Gasteiger partial charge in [-0.25, -0.2) is 0 Å². The van der Waals surface area contributed by atoms with Crippen molar-refractivity contribution in [1.82, 2.24) is 5.32 Å². The molecule has 0 aliphatic heterocycles. The van der Waals surface area contributed by atoms with Gasteiger partial charge < -0.3 is 5.32 Å². The number of allylic oxidation sites excluding steroid dienone is 1. The third-order valence-corrected chi connectivity index (χ3v) is 3.27. The largest absolute Gasteiger partial charge is 0.352 e. The summed E-state index contributed by atoms with van der Waals surface area (Å²) >= 11 is 0. The van der Waals surface area contributed by atoms with Gasteiger partial charge in [0.15, 0.2) is 0 Å². The van der Waals surface area contributed by atoms with E-state index in [0.717, 1.165) is 12.5 Å². The summed E-state index contributed by atoms with van der Waals surface area (Å²) in [6, 6.07) is 0. The molecule has 2 aliphatic carbocycles. The first-order chi connectivity index (χ1) is 6.27. The lowest BCUT2D eigenvalue weighted by molar-refractivity contribution is -0.116. The highest BCUT2D eigenvalue weighted by Crippen LogP contribution is 2.60. The second-order valence-electron chi connectivity index (χ2n) is 4.35. The van der Waals surface area contributed by atoms with E-state index in [-0.39, 0.29) is 5.91 Å². The summed E-state index contributed by atoms with van der Waals surface area (Å²) in [4.78, 5) is 11.2. The second-order valence-corrected chi connectivity index (χ2v) is 4.35. The zero-order valence-corrected chi connectivity index (χ0v) is 8.18. The van der Waals surface area contributed by atoms with Crippen molar-refractivity contribution < 1.29 is 4.79 Å². The van der Waals surface area contributed by atoms with Gasteiger partial charge in [-0.15, -0.1) is 0 Å². The van der Waals surface area contributed by atoms with Crippen LogP contribution in [0.25, 0.3) is 0 Å². The molecule has 0 aromatic carbocycles. The number of amides is 1. The Kier molecular flexibility index (Phi) is 2.14. The third kappa shape index (κ3) is 1.93. The molecule has 0 atom stereocenters. The van der Waals surface area contributed by atoms with Crippen molar-refractivity contribution in [1.29, 1.82) is 0 Å². The van der Waals surface area contributed by atoms with E-state index >= 15 is 0 Å². The Morgan fingerprint density at radius 1 is 1.54 bits per heavy atom. The summed E-state index contributed by atoms with van der Waals surface area (Å²) in [5.74, 6) is 0.993. The average molecular weight is 179 g/mol. The van der Waals surface area contributed by atoms with E-state index in [1.165, 1.54) is 25.7 Å². The van der Waals surface area contributed by atoms with Crippen molar-refractivity contribution in [2.75, 3.05) is 6.54 Å². The maximum Gasteiger partial charge on any atom is 0.243 e. The summed E-state index contributed by atoms with van der Waals surface area (Å²) in [5, 5.41) is 2.98. The smallest absolute Gasteiger partial charge is 0.243 e. The molecule has 72 valence electrons. The van der Waals surface area contributed by atoms with Crippen LogP contribution in [0, 0.1) is 11.3 Å². The fourth-order valence-electron chi connectivity index (χ4n) is 2.06. The minimum atomic E-state index is 0.0643. The fraction of sp³-hybridized carbons (Fsp3) is 0.727. The van der Waals surface area contributed by atoms with Gasteiger partial charge in [-0.1, -0.05) is 6.08 Å². The Balaban J connectivity index is 1.75. The van der Waals surface area contributed by atoms with E-state index in [4.69, 9.17) is 0 Å². The van der Waals surface area contributed by atoms with Crippen LogP contribution in [0.2, 0.25) is 0 Å². The van der Waals surface area contributed by atoms with Gasteiger partial charge in [0, 0.05) is 6.54 Å². The van der Waals surface area contributed by atoms with Gasteiger partial charge in [0.2, 0.25) is 5.91 Å². The molecule has 0 unspecified atom stereocenters. The summed E-state index contributed by atoms with van der Waals surface area (Å²) in [7, 11) is 0. The zero-order valence-electron chi connectivity index (χ0n) is 8.18. The Labute approximate surface area is 79.4 Å². The molecular weight excluding hydrogens is 162 g/mol. The molecule has 0 spiro atoms. The first kappa shape index (κ1) is 8.79. The predicted molar refractivity (Wildman–Crippen MR) is 52.2 cm³/mol. The molecule has 2 heteroatoms. The molecule has 0 heterocycles. The van der Waals surface area contributed by atoms with Crippen molar-refractivity contribution in [3.05, 3.63) is 12.2 Å². The first-order valence-corrected chi connectivity index (χ1v) is 5.17. The highest BCUT2D eigenvalue weighted by molar-refractivity contribution is 5.87. The van der Waals surface area contributed by atoms with Crippen LogP contribution in [0.15, 0.2) is 12.2 Å². The molecule has 2 aliphatic rings. The van der Waals surface area contributed by atoms with E-state index in [1.807, 2.05) is 6.92 Å². The minimum Gasteiger partial charge on any atom is -0.352 e. The van der Waals surface area contributed by atoms with Crippen LogP contribution in [0.4, 0.5) is 0 Å². The SMILES string of the molecule is C/C=C/C(=O)NCC1(C2CC2)CC1. The summed E-state index contributed by atoms with van der Waals surface area (Å²) < 4.78 is 0. The molecule has 2 saturated carbocycles. The van der Waals surface area contributed by atoms with Crippen LogP contribution in [0.1, 0.15) is 32.6 Å². The quantitative estimate of drug-likeness (QED) is 0.656. The van der Waals surface area contributed by atoms with Crippen molar-refractivity contribution in [3.8, 4) is 0 Å². The molecule has 0 bridgehead atoms. The van der Waals surface area contributed by atoms with Crippen LogP contribution < -0.4 is 5.32 Å². The summed E-state index contributed by atoms with van der Waals surface area (Å²) in [6.45, 7) is 2.77. The van der Waals surface area contributed by atoms with Gasteiger partial charge in [0.25, 0.3) is 0 Å². The predicted octanol–water partition coefficient (Wildman–Crippen LogP) is 1.87. The van der Waals surface area contributed by atoms with Crippen LogP contribution >= 0.6 is 0 Å². The highest BCUT2D eigenvalue weighted by Gasteiger charge is 2.53. The molecule has 1 N–H and O–H groups in total. The highest BCUT2D eigenvalue weighted by atomic mass is 16.1. The van der Waals surface area contributed by atoms with E-state index in [0.29, 0.717) is 5.41 Å². The molecule has 2 fully saturated rings. The zero-order chi connectivity index (χ0) is 9.31. The van der Waals surface area contributed by atoms with Gasteiger partial charge in [-0.2, -0.15) is 0 Å². The summed E-state index contributed by atoms with van der Waals surface area (Å²) in [6.07, 6.45) is 8.82. The molecule has 2 rings (SSSR count). The topological polar surface area (TPSA) is 29.1 Å². The first-order valence-electron chi connectivity index (χ1n) is 5.17. The maximum atomic E-state index is 11.2. The standard InChI is InChI=1S/C11H17NO/c1-2-3-10(13)12-8-11(6-7-11)9-4-5-9/h2-3,9H,4-8H2,1H3,(H,12,13)/b3-2+. The van der Waals surface area contributed by atoms with Gasteiger partial charge in [-0.3, -0.25) is 4.79 Å². The molecular formula is C11H17NO. The van der Waals surface area contributed by atoms with Crippen molar-refractivity contribution in [2.24, 2.45) is 11.3 Å². The fourth-order valence-corrected chi connectivity index (χ4v) is 2.06. The number of hydrogen-bond acceptors (Lipinski definition) is 1. The Hall–Kier alpha value is -0.790. The number of nitrogens with one attached hydrogen (secondary N) is 1. The molecule has 1 amide bonds. The van der Waals surface area contributed by atoms with Gasteiger partial charge >= 0.3 is 0 Å². The lowest BCUT2D eigenvalue weighted by Gasteiger charge is -2.13. The molecule has 2 nitrogen and oxygen atoms in total. The Morgan fingerprint density at radius 3 is 2.69 bits per heavy atom. The van der Waals surface area contributed by atoms with E-state index < -0.39 is 0 Å². The van der Waals surface area contributed by atoms with Gasteiger partial charge in [-0.05, 0) is 50.0 Å². The van der Waals surface area contributed by atoms with Gasteiger partial charge in [0.05, 0.1) is 0 Å². The average Bonchev–Trinajstić information content (AvgIpc) is 2.95. The number of rotatable bonds is 4. The van der Waals surface area contributed by atoms with E-state index in [9.17, 15) is 4.79 Å². The number of hydrogen-bond donors (Lipinski definition) is 1. The summed E-state index contributed by atoms with van der Waals surface area (Å²) in [5.41, 5.74) is 0.525. The minimum absolute atomic E-state index is 0.0643. The van der Waals surface area contributed by atoms with E-state index in [1.54, 1.807) is 12.2 Å². The lowest BCUT2D eigenvalue weighted by atomic mass is 10.0. The van der Waals surface area contributed by atoms with Crippen LogP contribution in [0.5, 0.6) is 0 Å². The molecule has 0 aromatic heterocycles. The van der Waals surface area contributed by atoms with Crippen molar-refractivity contribution >= 4 is 5.91 Å². The molecule has 0 saturated heterocycles. The normalized spacial score (nSPS) is 24.7. The van der Waals surface area contributed by atoms with Crippen LogP contribution in [-0.4, -0.2) is 12.5 Å². The van der Waals surface area contributed by atoms with Crippen LogP contribution in [-0.2, 0) is 4.79 Å².